The highest BCUT2D eigenvalue weighted by Gasteiger charge is 2.12. The van der Waals surface area contributed by atoms with Crippen molar-refractivity contribution in [3.05, 3.63) is 39.4 Å². The van der Waals surface area contributed by atoms with Crippen molar-refractivity contribution in [3.63, 3.8) is 0 Å². The summed E-state index contributed by atoms with van der Waals surface area (Å²) in [5.74, 6) is 1.12. The minimum atomic E-state index is 0.318. The van der Waals surface area contributed by atoms with Gasteiger partial charge < -0.3 is 4.90 Å². The van der Waals surface area contributed by atoms with Gasteiger partial charge in [-0.2, -0.15) is 0 Å². The number of anilines is 1. The lowest BCUT2D eigenvalue weighted by atomic mass is 10.3. The Morgan fingerprint density at radius 1 is 1.39 bits per heavy atom. The van der Waals surface area contributed by atoms with Gasteiger partial charge in [0, 0.05) is 24.0 Å². The second kappa shape index (κ2) is 6.36. The molecule has 0 radical (unpaired) electrons. The molecule has 0 amide bonds. The van der Waals surface area contributed by atoms with Crippen molar-refractivity contribution in [1.29, 1.82) is 0 Å². The van der Waals surface area contributed by atoms with Gasteiger partial charge in [0.05, 0.1) is 5.88 Å². The van der Waals surface area contributed by atoms with Crippen LogP contribution in [-0.4, -0.2) is 23.6 Å². The van der Waals surface area contributed by atoms with Crippen LogP contribution in [0.2, 0.25) is 5.15 Å². The van der Waals surface area contributed by atoms with E-state index in [2.05, 4.69) is 32.4 Å². The van der Waals surface area contributed by atoms with Gasteiger partial charge in [-0.05, 0) is 17.9 Å². The molecule has 0 aliphatic rings. The number of halogens is 2. The van der Waals surface area contributed by atoms with Crippen LogP contribution in [0.25, 0.3) is 0 Å². The molecule has 2 rings (SSSR count). The standard InChI is InChI=1S/C12H13Cl2N3S/c1-17(5-4-9-3-2-6-18-9)12-10(7-13)11(14)15-8-16-12/h2-3,6,8H,4-5,7H2,1H3. The summed E-state index contributed by atoms with van der Waals surface area (Å²) in [7, 11) is 1.99. The number of aromatic nitrogens is 2. The molecule has 3 nitrogen and oxygen atoms in total. The van der Waals surface area contributed by atoms with Crippen LogP contribution in [0.1, 0.15) is 10.4 Å². The molecule has 0 saturated carbocycles. The van der Waals surface area contributed by atoms with Crippen molar-refractivity contribution in [3.8, 4) is 0 Å². The Hall–Kier alpha value is -0.840. The quantitative estimate of drug-likeness (QED) is 0.624. The van der Waals surface area contributed by atoms with Crippen LogP contribution in [0.5, 0.6) is 0 Å². The predicted molar refractivity (Wildman–Crippen MR) is 77.9 cm³/mol. The topological polar surface area (TPSA) is 29.0 Å². The van der Waals surface area contributed by atoms with E-state index in [4.69, 9.17) is 23.2 Å². The lowest BCUT2D eigenvalue weighted by Crippen LogP contribution is -2.22. The fourth-order valence-electron chi connectivity index (χ4n) is 1.66. The van der Waals surface area contributed by atoms with Crippen LogP contribution in [-0.2, 0) is 12.3 Å². The number of alkyl halides is 1. The van der Waals surface area contributed by atoms with Crippen molar-refractivity contribution in [2.75, 3.05) is 18.5 Å². The summed E-state index contributed by atoms with van der Waals surface area (Å²) in [6.07, 6.45) is 2.45. The van der Waals surface area contributed by atoms with E-state index >= 15 is 0 Å². The Balaban J connectivity index is 2.08. The summed E-state index contributed by atoms with van der Waals surface area (Å²) in [6.45, 7) is 0.873. The van der Waals surface area contributed by atoms with Crippen LogP contribution in [0, 0.1) is 0 Å². The maximum atomic E-state index is 6.01. The fraction of sp³-hybridized carbons (Fsp3) is 0.333. The van der Waals surface area contributed by atoms with Gasteiger partial charge in [-0.1, -0.05) is 17.7 Å². The number of likely N-dealkylation sites (N-methyl/N-ethyl adjacent to an activating group) is 1. The SMILES string of the molecule is CN(CCc1cccs1)c1ncnc(Cl)c1CCl. The van der Waals surface area contributed by atoms with Gasteiger partial charge in [-0.15, -0.1) is 22.9 Å². The van der Waals surface area contributed by atoms with Crippen molar-refractivity contribution < 1.29 is 0 Å². The van der Waals surface area contributed by atoms with E-state index < -0.39 is 0 Å². The van der Waals surface area contributed by atoms with Crippen molar-refractivity contribution in [1.82, 2.24) is 9.97 Å². The first-order valence-electron chi connectivity index (χ1n) is 5.51. The number of hydrogen-bond donors (Lipinski definition) is 0. The van der Waals surface area contributed by atoms with E-state index in [9.17, 15) is 0 Å². The third-order valence-corrected chi connectivity index (χ3v) is 4.17. The van der Waals surface area contributed by atoms with E-state index in [1.165, 1.54) is 11.2 Å². The first kappa shape index (κ1) is 13.6. The average molecular weight is 302 g/mol. The molecule has 0 bridgehead atoms. The zero-order chi connectivity index (χ0) is 13.0. The minimum absolute atomic E-state index is 0.318. The Morgan fingerprint density at radius 3 is 2.89 bits per heavy atom. The molecule has 18 heavy (non-hydrogen) atoms. The molecule has 0 saturated heterocycles. The first-order chi connectivity index (χ1) is 8.72. The molecule has 0 aromatic carbocycles. The van der Waals surface area contributed by atoms with E-state index in [0.29, 0.717) is 11.0 Å². The normalized spacial score (nSPS) is 10.6. The second-order valence-corrected chi connectivity index (χ2v) is 5.51. The summed E-state index contributed by atoms with van der Waals surface area (Å²) in [5, 5.41) is 2.51. The highest BCUT2D eigenvalue weighted by atomic mass is 35.5. The molecule has 0 N–H and O–H groups in total. The molecule has 2 aromatic rings. The summed E-state index contributed by atoms with van der Waals surface area (Å²) in [4.78, 5) is 11.6. The summed E-state index contributed by atoms with van der Waals surface area (Å²) in [5.41, 5.74) is 0.787. The third-order valence-electron chi connectivity index (χ3n) is 2.64. The van der Waals surface area contributed by atoms with Gasteiger partial charge in [-0.3, -0.25) is 0 Å². The summed E-state index contributed by atoms with van der Waals surface area (Å²) >= 11 is 13.7. The zero-order valence-corrected chi connectivity index (χ0v) is 12.3. The fourth-order valence-corrected chi connectivity index (χ4v) is 2.87. The van der Waals surface area contributed by atoms with Crippen LogP contribution >= 0.6 is 34.5 Å². The molecule has 96 valence electrons. The van der Waals surface area contributed by atoms with Crippen molar-refractivity contribution in [2.24, 2.45) is 0 Å². The third kappa shape index (κ3) is 3.13. The second-order valence-electron chi connectivity index (χ2n) is 3.85. The maximum Gasteiger partial charge on any atom is 0.138 e. The first-order valence-corrected chi connectivity index (χ1v) is 7.30. The molecule has 0 unspecified atom stereocenters. The van der Waals surface area contributed by atoms with Crippen molar-refractivity contribution in [2.45, 2.75) is 12.3 Å². The van der Waals surface area contributed by atoms with Crippen molar-refractivity contribution >= 4 is 40.4 Å². The molecule has 0 aliphatic heterocycles. The molecule has 0 atom stereocenters. The molecule has 2 heterocycles. The van der Waals surface area contributed by atoms with Gasteiger partial charge in [0.1, 0.15) is 17.3 Å². The van der Waals surface area contributed by atoms with Gasteiger partial charge in [-0.25, -0.2) is 9.97 Å². The monoisotopic (exact) mass is 301 g/mol. The highest BCUT2D eigenvalue weighted by Crippen LogP contribution is 2.24. The minimum Gasteiger partial charge on any atom is -0.359 e. The zero-order valence-electron chi connectivity index (χ0n) is 9.94. The van der Waals surface area contributed by atoms with Crippen LogP contribution in [0.3, 0.4) is 0 Å². The Bertz CT molecular complexity index is 502. The molecule has 2 aromatic heterocycles. The summed E-state index contributed by atoms with van der Waals surface area (Å²) < 4.78 is 0. The largest absolute Gasteiger partial charge is 0.359 e. The number of nitrogens with zero attached hydrogens (tertiary/aromatic N) is 3. The van der Waals surface area contributed by atoms with Gasteiger partial charge in [0.25, 0.3) is 0 Å². The van der Waals surface area contributed by atoms with E-state index in [-0.39, 0.29) is 0 Å². The predicted octanol–water partition coefficient (Wildman–Crippen LogP) is 3.61. The van der Waals surface area contributed by atoms with Gasteiger partial charge in [0.15, 0.2) is 0 Å². The molecular formula is C12H13Cl2N3S. The number of rotatable bonds is 5. The lowest BCUT2D eigenvalue weighted by Gasteiger charge is -2.20. The average Bonchev–Trinajstić information content (AvgIpc) is 2.88. The Morgan fingerprint density at radius 2 is 2.22 bits per heavy atom. The number of thiophene rings is 1. The molecule has 0 spiro atoms. The highest BCUT2D eigenvalue weighted by molar-refractivity contribution is 7.09. The Kier molecular flexibility index (Phi) is 4.80. The Labute approximate surface area is 120 Å². The van der Waals surface area contributed by atoms with Crippen LogP contribution < -0.4 is 4.90 Å². The van der Waals surface area contributed by atoms with Crippen LogP contribution in [0.15, 0.2) is 23.8 Å². The smallest absolute Gasteiger partial charge is 0.138 e. The van der Waals surface area contributed by atoms with Gasteiger partial charge >= 0.3 is 0 Å². The lowest BCUT2D eigenvalue weighted by molar-refractivity contribution is 0.856. The van der Waals surface area contributed by atoms with E-state index in [1.807, 2.05) is 7.05 Å². The number of hydrogen-bond acceptors (Lipinski definition) is 4. The molecule has 0 fully saturated rings. The maximum absolute atomic E-state index is 6.01. The summed E-state index contributed by atoms with van der Waals surface area (Å²) in [6, 6.07) is 4.19. The van der Waals surface area contributed by atoms with E-state index in [1.54, 1.807) is 11.3 Å². The molecule has 6 heteroatoms. The molecular weight excluding hydrogens is 289 g/mol. The molecule has 0 aliphatic carbocycles. The van der Waals surface area contributed by atoms with Crippen LogP contribution in [0.4, 0.5) is 5.82 Å². The van der Waals surface area contributed by atoms with Gasteiger partial charge in [0.2, 0.25) is 0 Å². The van der Waals surface area contributed by atoms with E-state index in [0.717, 1.165) is 24.3 Å².